The summed E-state index contributed by atoms with van der Waals surface area (Å²) in [5.74, 6) is 0. The average molecular weight is 701 g/mol. The molecular weight excluding hydrogens is 669 g/mol. The zero-order valence-electron chi connectivity index (χ0n) is 30.0. The van der Waals surface area contributed by atoms with Crippen molar-refractivity contribution in [2.75, 3.05) is 0 Å². The number of rotatable bonds is 5. The third-order valence-electron chi connectivity index (χ3n) is 10.9. The molecule has 55 heavy (non-hydrogen) atoms. The van der Waals surface area contributed by atoms with Gasteiger partial charge in [0, 0.05) is 38.4 Å². The summed E-state index contributed by atoms with van der Waals surface area (Å²) in [4.78, 5) is 0. The number of para-hydroxylation sites is 3. The van der Waals surface area contributed by atoms with Gasteiger partial charge in [-0.3, -0.25) is 0 Å². The van der Waals surface area contributed by atoms with E-state index in [1.54, 1.807) is 0 Å². The highest BCUT2D eigenvalue weighted by Gasteiger charge is 2.26. The summed E-state index contributed by atoms with van der Waals surface area (Å²) >= 11 is 0. The second-order valence-corrected chi connectivity index (χ2v) is 14.0. The first-order valence-electron chi connectivity index (χ1n) is 18.4. The minimum atomic E-state index is 0.465. The summed E-state index contributed by atoms with van der Waals surface area (Å²) in [7, 11) is 0. The second-order valence-electron chi connectivity index (χ2n) is 14.0. The Morgan fingerprint density at radius 1 is 0.436 bits per heavy atom. The summed E-state index contributed by atoms with van der Waals surface area (Å²) in [6.45, 7) is 2.01. The first-order chi connectivity index (χ1) is 27.1. The van der Waals surface area contributed by atoms with Gasteiger partial charge < -0.3 is 9.13 Å². The molecule has 0 saturated carbocycles. The third kappa shape index (κ3) is 4.97. The normalized spacial score (nSPS) is 11.3. The lowest BCUT2D eigenvalue weighted by atomic mass is 9.90. The maximum atomic E-state index is 11.4. The Labute approximate surface area is 318 Å². The molecule has 0 unspecified atom stereocenters. The van der Waals surface area contributed by atoms with Gasteiger partial charge in [0.05, 0.1) is 45.0 Å². The lowest BCUT2D eigenvalue weighted by Crippen LogP contribution is -2.05. The molecule has 0 spiro atoms. The molecule has 0 amide bonds. The van der Waals surface area contributed by atoms with E-state index in [2.05, 4.69) is 155 Å². The van der Waals surface area contributed by atoms with Gasteiger partial charge in [0.25, 0.3) is 0 Å². The van der Waals surface area contributed by atoms with Crippen LogP contribution in [-0.2, 0) is 0 Å². The third-order valence-corrected chi connectivity index (χ3v) is 10.9. The van der Waals surface area contributed by atoms with Crippen LogP contribution in [0.1, 0.15) is 16.7 Å². The van der Waals surface area contributed by atoms with Crippen molar-refractivity contribution in [3.05, 3.63) is 193 Å². The summed E-state index contributed by atoms with van der Waals surface area (Å²) < 4.78 is 4.50. The van der Waals surface area contributed by atoms with Gasteiger partial charge in [0.2, 0.25) is 0 Å². The van der Waals surface area contributed by atoms with E-state index >= 15 is 0 Å². The fraction of sp³-hybridized carbons (Fsp3) is 0.0196. The van der Waals surface area contributed by atoms with Gasteiger partial charge >= 0.3 is 0 Å². The van der Waals surface area contributed by atoms with E-state index in [-0.39, 0.29) is 0 Å². The van der Waals surface area contributed by atoms with Crippen molar-refractivity contribution in [3.63, 3.8) is 0 Å². The highest BCUT2D eigenvalue weighted by molar-refractivity contribution is 6.15. The zero-order chi connectivity index (χ0) is 37.0. The van der Waals surface area contributed by atoms with Crippen LogP contribution in [-0.4, -0.2) is 9.13 Å². The Bertz CT molecular complexity index is 3110. The van der Waals surface area contributed by atoms with Crippen molar-refractivity contribution in [2.24, 2.45) is 0 Å². The topological polar surface area (TPSA) is 57.4 Å². The van der Waals surface area contributed by atoms with E-state index in [1.807, 2.05) is 49.4 Å². The van der Waals surface area contributed by atoms with E-state index in [0.717, 1.165) is 88.4 Å². The molecule has 4 nitrogen and oxygen atoms in total. The molecule has 4 heteroatoms. The van der Waals surface area contributed by atoms with Crippen molar-refractivity contribution in [3.8, 4) is 56.9 Å². The number of benzene rings is 8. The molecule has 0 N–H and O–H groups in total. The quantitative estimate of drug-likeness (QED) is 0.179. The predicted molar refractivity (Wildman–Crippen MR) is 226 cm³/mol. The summed E-state index contributed by atoms with van der Waals surface area (Å²) in [5, 5.41) is 26.5. The molecule has 10 aromatic rings. The minimum Gasteiger partial charge on any atom is -0.309 e. The van der Waals surface area contributed by atoms with Crippen LogP contribution in [0.15, 0.2) is 176 Å². The molecule has 2 heterocycles. The minimum absolute atomic E-state index is 0.465. The Hall–Kier alpha value is -7.66. The average Bonchev–Trinajstić information content (AvgIpc) is 3.76. The predicted octanol–water partition coefficient (Wildman–Crippen LogP) is 12.9. The number of nitriles is 2. The Morgan fingerprint density at radius 3 is 1.58 bits per heavy atom. The van der Waals surface area contributed by atoms with Gasteiger partial charge in [-0.1, -0.05) is 127 Å². The van der Waals surface area contributed by atoms with Crippen molar-refractivity contribution in [1.82, 2.24) is 9.13 Å². The van der Waals surface area contributed by atoms with Gasteiger partial charge in [0.1, 0.15) is 6.07 Å². The van der Waals surface area contributed by atoms with Crippen molar-refractivity contribution in [2.45, 2.75) is 6.92 Å². The molecule has 0 bridgehead atoms. The fourth-order valence-corrected chi connectivity index (χ4v) is 8.52. The van der Waals surface area contributed by atoms with Crippen LogP contribution in [0.25, 0.3) is 88.4 Å². The van der Waals surface area contributed by atoms with Crippen LogP contribution in [0.3, 0.4) is 0 Å². The fourth-order valence-electron chi connectivity index (χ4n) is 8.52. The zero-order valence-corrected chi connectivity index (χ0v) is 30.0. The molecule has 256 valence electrons. The maximum Gasteiger partial charge on any atom is 0.102 e. The Morgan fingerprint density at radius 2 is 0.982 bits per heavy atom. The molecule has 0 aliphatic rings. The van der Waals surface area contributed by atoms with Crippen LogP contribution in [0.2, 0.25) is 0 Å². The molecule has 0 aliphatic carbocycles. The smallest absolute Gasteiger partial charge is 0.102 e. The number of aryl methyl sites for hydroxylation is 1. The molecular formula is C51H32N4. The molecule has 0 saturated heterocycles. The molecule has 8 aromatic carbocycles. The molecule has 0 fully saturated rings. The highest BCUT2D eigenvalue weighted by Crippen LogP contribution is 2.44. The number of hydrogen-bond acceptors (Lipinski definition) is 2. The number of nitrogens with zero attached hydrogens (tertiary/aromatic N) is 4. The molecule has 0 radical (unpaired) electrons. The van der Waals surface area contributed by atoms with Crippen LogP contribution in [0.4, 0.5) is 0 Å². The van der Waals surface area contributed by atoms with Gasteiger partial charge in [-0.2, -0.15) is 10.5 Å². The van der Waals surface area contributed by atoms with E-state index in [0.29, 0.717) is 16.7 Å². The van der Waals surface area contributed by atoms with Crippen LogP contribution in [0.5, 0.6) is 0 Å². The van der Waals surface area contributed by atoms with Gasteiger partial charge in [0.15, 0.2) is 0 Å². The maximum absolute atomic E-state index is 11.4. The van der Waals surface area contributed by atoms with Crippen molar-refractivity contribution in [1.29, 1.82) is 10.5 Å². The lowest BCUT2D eigenvalue weighted by Gasteiger charge is -2.19. The van der Waals surface area contributed by atoms with Crippen molar-refractivity contribution >= 4 is 43.6 Å². The Balaban J connectivity index is 1.32. The lowest BCUT2D eigenvalue weighted by molar-refractivity contribution is 1.13. The monoisotopic (exact) mass is 700 g/mol. The summed E-state index contributed by atoms with van der Waals surface area (Å²) in [5.41, 5.74) is 13.6. The van der Waals surface area contributed by atoms with Crippen LogP contribution < -0.4 is 0 Å². The van der Waals surface area contributed by atoms with Crippen LogP contribution in [0, 0.1) is 29.6 Å². The first kappa shape index (κ1) is 32.0. The van der Waals surface area contributed by atoms with Gasteiger partial charge in [-0.15, -0.1) is 0 Å². The van der Waals surface area contributed by atoms with Crippen molar-refractivity contribution < 1.29 is 0 Å². The molecule has 0 aliphatic heterocycles. The largest absolute Gasteiger partial charge is 0.309 e. The Kier molecular flexibility index (Phi) is 7.44. The first-order valence-corrected chi connectivity index (χ1v) is 18.4. The standard InChI is InChI=1S/C51H32N4/c1-33-28-38(31-52)49(42-22-13-21-41-40-20-11-12-23-46(40)54(51(41)42)39-18-9-4-10-19-39)45(32-53)50(33)55-47-26-24-36(34-14-5-2-6-15-34)29-43(47)44-30-37(25-27-48(44)55)35-16-7-3-8-17-35/h2-30H,1H3. The van der Waals surface area contributed by atoms with E-state index < -0.39 is 0 Å². The molecule has 2 aromatic heterocycles. The van der Waals surface area contributed by atoms with E-state index in [1.165, 1.54) is 0 Å². The van der Waals surface area contributed by atoms with Crippen LogP contribution >= 0.6 is 0 Å². The molecule has 0 atom stereocenters. The summed E-state index contributed by atoms with van der Waals surface area (Å²) in [6.07, 6.45) is 0. The number of fused-ring (bicyclic) bond motifs is 6. The SMILES string of the molecule is Cc1cc(C#N)c(-c2cccc3c4ccccc4n(-c4ccccc4)c23)c(C#N)c1-n1c2ccc(-c3ccccc3)cc2c2cc(-c3ccccc3)ccc21. The second kappa shape index (κ2) is 12.8. The highest BCUT2D eigenvalue weighted by atomic mass is 15.0. The molecule has 10 rings (SSSR count). The van der Waals surface area contributed by atoms with E-state index in [9.17, 15) is 10.5 Å². The number of hydrogen-bond donors (Lipinski definition) is 0. The van der Waals surface area contributed by atoms with Gasteiger partial charge in [-0.25, -0.2) is 0 Å². The van der Waals surface area contributed by atoms with Gasteiger partial charge in [-0.05, 0) is 83.3 Å². The van der Waals surface area contributed by atoms with E-state index in [4.69, 9.17) is 0 Å². The number of aromatic nitrogens is 2. The summed E-state index contributed by atoms with van der Waals surface area (Å²) in [6, 6.07) is 66.1.